The first kappa shape index (κ1) is 23.3. The number of ketones is 1. The molecule has 1 amide bonds. The molecule has 32 heavy (non-hydrogen) atoms. The van der Waals surface area contributed by atoms with Crippen molar-refractivity contribution in [2.24, 2.45) is 0 Å². The minimum absolute atomic E-state index is 0.0407. The van der Waals surface area contributed by atoms with Crippen LogP contribution in [0.4, 0.5) is 5.69 Å². The molecule has 0 radical (unpaired) electrons. The molecule has 0 fully saturated rings. The molecular weight excluding hydrogens is 422 g/mol. The summed E-state index contributed by atoms with van der Waals surface area (Å²) in [7, 11) is 0. The summed E-state index contributed by atoms with van der Waals surface area (Å²) in [5.74, 6) is -1.13. The van der Waals surface area contributed by atoms with E-state index in [1.54, 1.807) is 23.9 Å². The molecule has 0 unspecified atom stereocenters. The zero-order chi connectivity index (χ0) is 22.8. The lowest BCUT2D eigenvalue weighted by Crippen LogP contribution is -2.21. The van der Waals surface area contributed by atoms with Crippen LogP contribution in [0.1, 0.15) is 34.3 Å². The molecule has 0 atom stereocenters. The minimum Gasteiger partial charge on any atom is -0.456 e. The van der Waals surface area contributed by atoms with E-state index in [9.17, 15) is 14.4 Å². The number of carbonyl (C=O) groups is 3. The monoisotopic (exact) mass is 447 g/mol. The lowest BCUT2D eigenvalue weighted by Gasteiger charge is -2.11. The highest BCUT2D eigenvalue weighted by atomic mass is 32.2. The largest absolute Gasteiger partial charge is 0.456 e. The topological polar surface area (TPSA) is 72.5 Å². The summed E-state index contributed by atoms with van der Waals surface area (Å²) in [6.45, 7) is -0.394. The molecule has 3 rings (SSSR count). The predicted octanol–water partition coefficient (Wildman–Crippen LogP) is 5.14. The van der Waals surface area contributed by atoms with E-state index in [0.29, 0.717) is 17.7 Å². The van der Waals surface area contributed by atoms with Crippen LogP contribution in [-0.2, 0) is 20.7 Å². The highest BCUT2D eigenvalue weighted by molar-refractivity contribution is 7.98. The first-order valence-electron chi connectivity index (χ1n) is 10.3. The van der Waals surface area contributed by atoms with Gasteiger partial charge < -0.3 is 10.1 Å². The molecule has 0 heterocycles. The average Bonchev–Trinajstić information content (AvgIpc) is 2.83. The van der Waals surface area contributed by atoms with Gasteiger partial charge in [-0.25, -0.2) is 0 Å². The molecule has 6 heteroatoms. The third kappa shape index (κ3) is 7.10. The van der Waals surface area contributed by atoms with Crippen LogP contribution in [0.25, 0.3) is 0 Å². The van der Waals surface area contributed by atoms with Crippen LogP contribution in [0.2, 0.25) is 0 Å². The number of para-hydroxylation sites is 1. The van der Waals surface area contributed by atoms with E-state index in [0.717, 1.165) is 16.0 Å². The van der Waals surface area contributed by atoms with Crippen LogP contribution in [-0.4, -0.2) is 30.5 Å². The number of amides is 1. The summed E-state index contributed by atoms with van der Waals surface area (Å²) in [5, 5.41) is 2.80. The van der Waals surface area contributed by atoms with Gasteiger partial charge in [0.1, 0.15) is 0 Å². The standard InChI is InChI=1S/C26H25NO4S/c1-32-22-13-11-20(12-14-22)24(28)15-16-26(30)31-18-25(29)27-23-10-6-5-9-21(23)17-19-7-3-2-4-8-19/h2-14H,15-18H2,1H3,(H,27,29). The van der Waals surface area contributed by atoms with Crippen molar-refractivity contribution in [3.8, 4) is 0 Å². The van der Waals surface area contributed by atoms with E-state index in [1.165, 1.54) is 0 Å². The highest BCUT2D eigenvalue weighted by Crippen LogP contribution is 2.19. The predicted molar refractivity (Wildman–Crippen MR) is 127 cm³/mol. The van der Waals surface area contributed by atoms with Gasteiger partial charge in [0.15, 0.2) is 12.4 Å². The van der Waals surface area contributed by atoms with Gasteiger partial charge in [-0.2, -0.15) is 0 Å². The fourth-order valence-electron chi connectivity index (χ4n) is 3.15. The molecule has 0 aromatic heterocycles. The average molecular weight is 448 g/mol. The van der Waals surface area contributed by atoms with Gasteiger partial charge in [-0.1, -0.05) is 60.7 Å². The van der Waals surface area contributed by atoms with Crippen molar-refractivity contribution in [1.82, 2.24) is 0 Å². The van der Waals surface area contributed by atoms with Crippen molar-refractivity contribution in [2.75, 3.05) is 18.2 Å². The summed E-state index contributed by atoms with van der Waals surface area (Å²) in [6.07, 6.45) is 2.61. The van der Waals surface area contributed by atoms with Crippen molar-refractivity contribution in [3.05, 3.63) is 95.6 Å². The number of ether oxygens (including phenoxy) is 1. The Morgan fingerprint density at radius 3 is 2.25 bits per heavy atom. The molecule has 1 N–H and O–H groups in total. The number of carbonyl (C=O) groups excluding carboxylic acids is 3. The molecule has 3 aromatic rings. The summed E-state index contributed by atoms with van der Waals surface area (Å²) >= 11 is 1.59. The number of Topliss-reactive ketones (excluding diaryl/α,β-unsaturated/α-hetero) is 1. The molecule has 0 spiro atoms. The van der Waals surface area contributed by atoms with Gasteiger partial charge in [0.05, 0.1) is 6.42 Å². The number of benzene rings is 3. The van der Waals surface area contributed by atoms with E-state index in [1.807, 2.05) is 73.0 Å². The number of anilines is 1. The Morgan fingerprint density at radius 1 is 0.844 bits per heavy atom. The van der Waals surface area contributed by atoms with E-state index in [2.05, 4.69) is 5.32 Å². The van der Waals surface area contributed by atoms with Crippen molar-refractivity contribution in [2.45, 2.75) is 24.2 Å². The smallest absolute Gasteiger partial charge is 0.306 e. The number of hydrogen-bond acceptors (Lipinski definition) is 5. The zero-order valence-electron chi connectivity index (χ0n) is 17.9. The Kier molecular flexibility index (Phi) is 8.63. The van der Waals surface area contributed by atoms with Crippen LogP contribution < -0.4 is 5.32 Å². The third-order valence-corrected chi connectivity index (χ3v) is 5.60. The molecule has 5 nitrogen and oxygen atoms in total. The first-order chi connectivity index (χ1) is 15.5. The fourth-order valence-corrected chi connectivity index (χ4v) is 3.56. The number of esters is 1. The van der Waals surface area contributed by atoms with E-state index in [4.69, 9.17) is 4.74 Å². The zero-order valence-corrected chi connectivity index (χ0v) is 18.7. The molecule has 3 aromatic carbocycles. The molecule has 0 saturated heterocycles. The summed E-state index contributed by atoms with van der Waals surface area (Å²) < 4.78 is 5.05. The number of rotatable bonds is 10. The Hall–Kier alpha value is -3.38. The Bertz CT molecular complexity index is 1060. The lowest BCUT2D eigenvalue weighted by atomic mass is 10.0. The van der Waals surface area contributed by atoms with Crippen LogP contribution in [0.3, 0.4) is 0 Å². The molecule has 0 aliphatic rings. The molecule has 0 saturated carbocycles. The van der Waals surface area contributed by atoms with Gasteiger partial charge in [0, 0.05) is 22.6 Å². The van der Waals surface area contributed by atoms with Crippen LogP contribution in [0.15, 0.2) is 83.8 Å². The van der Waals surface area contributed by atoms with Gasteiger partial charge >= 0.3 is 5.97 Å². The van der Waals surface area contributed by atoms with E-state index < -0.39 is 18.5 Å². The molecule has 0 bridgehead atoms. The van der Waals surface area contributed by atoms with Crippen molar-refractivity contribution in [3.63, 3.8) is 0 Å². The maximum atomic E-state index is 12.3. The summed E-state index contributed by atoms with van der Waals surface area (Å²) in [5.41, 5.74) is 3.34. The fraction of sp³-hybridized carbons (Fsp3) is 0.192. The van der Waals surface area contributed by atoms with Gasteiger partial charge in [0.2, 0.25) is 0 Å². The maximum absolute atomic E-state index is 12.3. The van der Waals surface area contributed by atoms with Gasteiger partial charge in [-0.15, -0.1) is 11.8 Å². The van der Waals surface area contributed by atoms with E-state index >= 15 is 0 Å². The van der Waals surface area contributed by atoms with E-state index in [-0.39, 0.29) is 18.6 Å². The second kappa shape index (κ2) is 11.9. The third-order valence-electron chi connectivity index (χ3n) is 4.86. The Labute approximate surface area is 192 Å². The normalized spacial score (nSPS) is 10.4. The van der Waals surface area contributed by atoms with Crippen LogP contribution in [0, 0.1) is 0 Å². The summed E-state index contributed by atoms with van der Waals surface area (Å²) in [6, 6.07) is 24.7. The second-order valence-corrected chi connectivity index (χ2v) is 8.06. The van der Waals surface area contributed by atoms with Gasteiger partial charge in [-0.05, 0) is 42.0 Å². The second-order valence-electron chi connectivity index (χ2n) is 7.18. The molecule has 0 aliphatic carbocycles. The quantitative estimate of drug-likeness (QED) is 0.265. The SMILES string of the molecule is CSc1ccc(C(=O)CCC(=O)OCC(=O)Nc2ccccc2Cc2ccccc2)cc1. The molecule has 164 valence electrons. The van der Waals surface area contributed by atoms with Gasteiger partial charge in [-0.3, -0.25) is 14.4 Å². The minimum atomic E-state index is -0.577. The Balaban J connectivity index is 1.45. The molecular formula is C26H25NO4S. The maximum Gasteiger partial charge on any atom is 0.306 e. The number of thioether (sulfide) groups is 1. The van der Waals surface area contributed by atoms with Gasteiger partial charge in [0.25, 0.3) is 5.91 Å². The molecule has 0 aliphatic heterocycles. The highest BCUT2D eigenvalue weighted by Gasteiger charge is 2.13. The summed E-state index contributed by atoms with van der Waals surface area (Å²) in [4.78, 5) is 37.6. The number of hydrogen-bond donors (Lipinski definition) is 1. The Morgan fingerprint density at radius 2 is 1.53 bits per heavy atom. The lowest BCUT2D eigenvalue weighted by molar-refractivity contribution is -0.147. The van der Waals surface area contributed by atoms with Crippen molar-refractivity contribution >= 4 is 35.1 Å². The first-order valence-corrected chi connectivity index (χ1v) is 11.5. The van der Waals surface area contributed by atoms with Crippen LogP contribution >= 0.6 is 11.8 Å². The van der Waals surface area contributed by atoms with Crippen molar-refractivity contribution in [1.29, 1.82) is 0 Å². The van der Waals surface area contributed by atoms with Crippen molar-refractivity contribution < 1.29 is 19.1 Å². The number of nitrogens with one attached hydrogen (secondary N) is 1. The van der Waals surface area contributed by atoms with Crippen LogP contribution in [0.5, 0.6) is 0 Å².